The fourth-order valence-electron chi connectivity index (χ4n) is 2.98. The number of nitrogens with one attached hydrogen (secondary N) is 2. The molecule has 28 heavy (non-hydrogen) atoms. The Morgan fingerprint density at radius 2 is 2.11 bits per heavy atom. The topological polar surface area (TPSA) is 75.2 Å². The average molecular weight is 397 g/mol. The van der Waals surface area contributed by atoms with E-state index in [0.29, 0.717) is 5.92 Å². The van der Waals surface area contributed by atoms with Crippen molar-refractivity contribution >= 4 is 12.1 Å². The number of nitrogens with zero attached hydrogens (tertiary/aromatic N) is 2. The Kier molecular flexibility index (Phi) is 10.4. The lowest BCUT2D eigenvalue weighted by Crippen LogP contribution is -2.45. The zero-order chi connectivity index (χ0) is 21.2. The van der Waals surface area contributed by atoms with E-state index < -0.39 is 5.60 Å². The molecule has 0 aromatic rings. The van der Waals surface area contributed by atoms with Crippen LogP contribution in [-0.4, -0.2) is 69.0 Å². The summed E-state index contributed by atoms with van der Waals surface area (Å²) in [6, 6.07) is 0.0443. The van der Waals surface area contributed by atoms with Crippen molar-refractivity contribution in [3.05, 3.63) is 11.6 Å². The smallest absolute Gasteiger partial charge is 0.407 e. The van der Waals surface area contributed by atoms with Crippen molar-refractivity contribution in [2.75, 3.05) is 40.4 Å². The summed E-state index contributed by atoms with van der Waals surface area (Å²) in [5.74, 6) is 1.18. The number of hydrogen-bond donors (Lipinski definition) is 2. The first-order chi connectivity index (χ1) is 13.1. The normalized spacial score (nSPS) is 16.4. The molecule has 2 N–H and O–H groups in total. The third-order valence-electron chi connectivity index (χ3n) is 4.64. The van der Waals surface area contributed by atoms with Crippen molar-refractivity contribution in [1.82, 2.24) is 15.5 Å². The van der Waals surface area contributed by atoms with E-state index in [4.69, 9.17) is 9.47 Å². The van der Waals surface area contributed by atoms with E-state index in [-0.39, 0.29) is 12.1 Å². The number of ether oxygens (including phenoxy) is 2. The minimum Gasteiger partial charge on any atom is -0.444 e. The van der Waals surface area contributed by atoms with Gasteiger partial charge in [-0.3, -0.25) is 4.99 Å². The number of aliphatic imine (C=N–C) groups is 1. The molecule has 1 aliphatic heterocycles. The Bertz CT molecular complexity index is 538. The molecule has 0 bridgehead atoms. The van der Waals surface area contributed by atoms with Crippen LogP contribution in [0.3, 0.4) is 0 Å². The van der Waals surface area contributed by atoms with Gasteiger partial charge in [-0.2, -0.15) is 0 Å². The second kappa shape index (κ2) is 11.9. The molecule has 1 rings (SSSR count). The Labute approximate surface area is 170 Å². The van der Waals surface area contributed by atoms with Gasteiger partial charge in [0, 0.05) is 33.2 Å². The van der Waals surface area contributed by atoms with Gasteiger partial charge in [0.2, 0.25) is 0 Å². The monoisotopic (exact) mass is 396 g/mol. The minimum atomic E-state index is -0.492. The molecule has 0 saturated heterocycles. The molecular weight excluding hydrogens is 356 g/mol. The lowest BCUT2D eigenvalue weighted by molar-refractivity contribution is 0.0486. The molecule has 0 spiro atoms. The molecule has 0 radical (unpaired) electrons. The molecular formula is C21H40N4O3. The van der Waals surface area contributed by atoms with Crippen LogP contribution >= 0.6 is 0 Å². The average Bonchev–Trinajstić information content (AvgIpc) is 2.61. The highest BCUT2D eigenvalue weighted by atomic mass is 16.6. The maximum Gasteiger partial charge on any atom is 0.407 e. The molecule has 0 aliphatic carbocycles. The van der Waals surface area contributed by atoms with E-state index in [2.05, 4.69) is 40.4 Å². The highest BCUT2D eigenvalue weighted by Crippen LogP contribution is 2.12. The SMILES string of the molecule is CN=C(NCCC1=CCOCC1)N(C)CCC(NC(=O)OC(C)(C)C)C(C)C. The Morgan fingerprint density at radius 3 is 2.64 bits per heavy atom. The highest BCUT2D eigenvalue weighted by Gasteiger charge is 2.22. The van der Waals surface area contributed by atoms with Crippen LogP contribution < -0.4 is 10.6 Å². The zero-order valence-electron chi connectivity index (χ0n) is 18.8. The first-order valence-corrected chi connectivity index (χ1v) is 10.3. The van der Waals surface area contributed by atoms with Gasteiger partial charge in [0.25, 0.3) is 0 Å². The number of guanidine groups is 1. The predicted octanol–water partition coefficient (Wildman–Crippen LogP) is 3.17. The van der Waals surface area contributed by atoms with Crippen LogP contribution in [0.5, 0.6) is 0 Å². The largest absolute Gasteiger partial charge is 0.444 e. The molecule has 7 nitrogen and oxygen atoms in total. The molecule has 0 saturated carbocycles. The molecule has 0 aromatic heterocycles. The van der Waals surface area contributed by atoms with Crippen molar-refractivity contribution in [2.24, 2.45) is 10.9 Å². The van der Waals surface area contributed by atoms with E-state index in [9.17, 15) is 4.79 Å². The van der Waals surface area contributed by atoms with Crippen molar-refractivity contribution in [3.63, 3.8) is 0 Å². The summed E-state index contributed by atoms with van der Waals surface area (Å²) < 4.78 is 10.7. The Balaban J connectivity index is 2.44. The number of amides is 1. The van der Waals surface area contributed by atoms with Gasteiger partial charge in [-0.15, -0.1) is 0 Å². The molecule has 0 fully saturated rings. The summed E-state index contributed by atoms with van der Waals surface area (Å²) in [6.07, 6.45) is 4.65. The van der Waals surface area contributed by atoms with Gasteiger partial charge in [-0.05, 0) is 46.0 Å². The number of alkyl carbamates (subject to hydrolysis) is 1. The number of rotatable bonds is 8. The van der Waals surface area contributed by atoms with Gasteiger partial charge in [0.15, 0.2) is 5.96 Å². The maximum absolute atomic E-state index is 12.1. The molecule has 7 heteroatoms. The molecule has 1 aliphatic rings. The van der Waals surface area contributed by atoms with Crippen molar-refractivity contribution in [1.29, 1.82) is 0 Å². The van der Waals surface area contributed by atoms with Gasteiger partial charge < -0.3 is 25.0 Å². The second-order valence-electron chi connectivity index (χ2n) is 8.62. The van der Waals surface area contributed by atoms with Crippen LogP contribution in [0.2, 0.25) is 0 Å². The van der Waals surface area contributed by atoms with Crippen LogP contribution in [0.1, 0.15) is 53.9 Å². The summed E-state index contributed by atoms with van der Waals surface area (Å²) in [4.78, 5) is 18.6. The van der Waals surface area contributed by atoms with Crippen molar-refractivity contribution in [3.8, 4) is 0 Å². The quantitative estimate of drug-likeness (QED) is 0.374. The number of carbonyl (C=O) groups is 1. The summed E-state index contributed by atoms with van der Waals surface area (Å²) >= 11 is 0. The maximum atomic E-state index is 12.1. The minimum absolute atomic E-state index is 0.0443. The van der Waals surface area contributed by atoms with E-state index in [1.807, 2.05) is 27.8 Å². The van der Waals surface area contributed by atoms with Gasteiger partial charge in [0.1, 0.15) is 5.60 Å². The molecule has 1 amide bonds. The van der Waals surface area contributed by atoms with Crippen LogP contribution in [0.15, 0.2) is 16.6 Å². The van der Waals surface area contributed by atoms with E-state index in [0.717, 1.165) is 51.5 Å². The molecule has 162 valence electrons. The summed E-state index contributed by atoms with van der Waals surface area (Å²) in [6.45, 7) is 13.0. The molecule has 1 unspecified atom stereocenters. The first-order valence-electron chi connectivity index (χ1n) is 10.3. The van der Waals surface area contributed by atoms with Crippen LogP contribution in [0.4, 0.5) is 4.79 Å². The summed E-state index contributed by atoms with van der Waals surface area (Å²) in [7, 11) is 3.82. The van der Waals surface area contributed by atoms with Crippen molar-refractivity contribution < 1.29 is 14.3 Å². The predicted molar refractivity (Wildman–Crippen MR) is 115 cm³/mol. The number of hydrogen-bond acceptors (Lipinski definition) is 4. The lowest BCUT2D eigenvalue weighted by atomic mass is 10.0. The first kappa shape index (κ1) is 24.3. The van der Waals surface area contributed by atoms with E-state index >= 15 is 0 Å². The van der Waals surface area contributed by atoms with Gasteiger partial charge in [-0.25, -0.2) is 4.79 Å². The lowest BCUT2D eigenvalue weighted by Gasteiger charge is -2.28. The third kappa shape index (κ3) is 9.97. The third-order valence-corrected chi connectivity index (χ3v) is 4.64. The zero-order valence-corrected chi connectivity index (χ0v) is 18.8. The van der Waals surface area contributed by atoms with Gasteiger partial charge in [-0.1, -0.05) is 25.5 Å². The van der Waals surface area contributed by atoms with Gasteiger partial charge in [0.05, 0.1) is 13.2 Å². The van der Waals surface area contributed by atoms with Crippen LogP contribution in [0, 0.1) is 5.92 Å². The molecule has 1 heterocycles. The van der Waals surface area contributed by atoms with Crippen molar-refractivity contribution in [2.45, 2.75) is 65.5 Å². The van der Waals surface area contributed by atoms with E-state index in [1.165, 1.54) is 5.57 Å². The molecule has 1 atom stereocenters. The standard InChI is InChI=1S/C21H40N4O3/c1-16(2)18(24-20(26)28-21(3,4)5)9-13-25(7)19(22-6)23-12-8-17-10-14-27-15-11-17/h10,16,18H,8-9,11-15H2,1-7H3,(H,22,23)(H,24,26). The summed E-state index contributed by atoms with van der Waals surface area (Å²) in [5, 5.41) is 6.43. The summed E-state index contributed by atoms with van der Waals surface area (Å²) in [5.41, 5.74) is 0.951. The molecule has 0 aromatic carbocycles. The Morgan fingerprint density at radius 1 is 1.39 bits per heavy atom. The van der Waals surface area contributed by atoms with E-state index in [1.54, 1.807) is 7.05 Å². The highest BCUT2D eigenvalue weighted by molar-refractivity contribution is 5.79. The fourth-order valence-corrected chi connectivity index (χ4v) is 2.98. The van der Waals surface area contributed by atoms with Crippen LogP contribution in [-0.2, 0) is 9.47 Å². The van der Waals surface area contributed by atoms with Crippen LogP contribution in [0.25, 0.3) is 0 Å². The second-order valence-corrected chi connectivity index (χ2v) is 8.62. The van der Waals surface area contributed by atoms with Gasteiger partial charge >= 0.3 is 6.09 Å². The number of carbonyl (C=O) groups excluding carboxylic acids is 1. The Hall–Kier alpha value is -1.76. The fraction of sp³-hybridized carbons (Fsp3) is 0.810.